The SMILES string of the molecule is Cc1cc(-c2ccc(-c3ccccc3)cc2)nc(-c2ccc3c(c2)oc2ccccc23)n1. The van der Waals surface area contributed by atoms with E-state index in [4.69, 9.17) is 14.4 Å². The normalized spacial score (nSPS) is 11.3. The molecule has 0 aliphatic carbocycles. The Hall–Kier alpha value is -4.24. The second-order valence-corrected chi connectivity index (χ2v) is 7.97. The third-order valence-electron chi connectivity index (χ3n) is 5.78. The minimum absolute atomic E-state index is 0.703. The number of furan rings is 1. The van der Waals surface area contributed by atoms with Crippen molar-refractivity contribution in [2.75, 3.05) is 0 Å². The van der Waals surface area contributed by atoms with Crippen LogP contribution in [0.3, 0.4) is 0 Å². The molecule has 6 aromatic rings. The van der Waals surface area contributed by atoms with Crippen LogP contribution in [0.25, 0.3) is 55.7 Å². The van der Waals surface area contributed by atoms with Gasteiger partial charge in [-0.25, -0.2) is 9.97 Å². The third kappa shape index (κ3) is 3.25. The summed E-state index contributed by atoms with van der Waals surface area (Å²) in [6.07, 6.45) is 0. The molecule has 2 aromatic heterocycles. The standard InChI is InChI=1S/C29H20N2O/c1-19-17-26(22-13-11-21(12-14-22)20-7-3-2-4-8-20)31-29(30-19)23-15-16-25-24-9-5-6-10-27(24)32-28(25)18-23/h2-18H,1H3. The molecule has 32 heavy (non-hydrogen) atoms. The van der Waals surface area contributed by atoms with Crippen LogP contribution in [0.4, 0.5) is 0 Å². The molecule has 0 N–H and O–H groups in total. The van der Waals surface area contributed by atoms with Gasteiger partial charge in [0, 0.05) is 27.6 Å². The highest BCUT2D eigenvalue weighted by Gasteiger charge is 2.11. The average Bonchev–Trinajstić information content (AvgIpc) is 3.22. The third-order valence-corrected chi connectivity index (χ3v) is 5.78. The molecule has 0 fully saturated rings. The highest BCUT2D eigenvalue weighted by molar-refractivity contribution is 6.05. The lowest BCUT2D eigenvalue weighted by molar-refractivity contribution is 0.669. The van der Waals surface area contributed by atoms with Crippen molar-refractivity contribution in [2.24, 2.45) is 0 Å². The van der Waals surface area contributed by atoms with Crippen molar-refractivity contribution in [3.05, 3.63) is 109 Å². The van der Waals surface area contributed by atoms with E-state index >= 15 is 0 Å². The molecule has 4 aromatic carbocycles. The summed E-state index contributed by atoms with van der Waals surface area (Å²) in [5.74, 6) is 0.703. The van der Waals surface area contributed by atoms with Crippen LogP contribution in [0, 0.1) is 6.92 Å². The predicted molar refractivity (Wildman–Crippen MR) is 130 cm³/mol. The highest BCUT2D eigenvalue weighted by atomic mass is 16.3. The smallest absolute Gasteiger partial charge is 0.160 e. The van der Waals surface area contributed by atoms with Gasteiger partial charge in [0.25, 0.3) is 0 Å². The number of benzene rings is 4. The van der Waals surface area contributed by atoms with Crippen LogP contribution in [0.1, 0.15) is 5.69 Å². The van der Waals surface area contributed by atoms with Gasteiger partial charge in [0.15, 0.2) is 5.82 Å². The number of rotatable bonds is 3. The lowest BCUT2D eigenvalue weighted by atomic mass is 10.0. The number of aryl methyl sites for hydroxylation is 1. The minimum Gasteiger partial charge on any atom is -0.456 e. The summed E-state index contributed by atoms with van der Waals surface area (Å²) in [5, 5.41) is 2.23. The Labute approximate surface area is 186 Å². The predicted octanol–water partition coefficient (Wildman–Crippen LogP) is 7.69. The molecule has 0 saturated heterocycles. The summed E-state index contributed by atoms with van der Waals surface area (Å²) >= 11 is 0. The maximum atomic E-state index is 6.06. The zero-order chi connectivity index (χ0) is 21.5. The van der Waals surface area contributed by atoms with E-state index in [1.54, 1.807) is 0 Å². The van der Waals surface area contributed by atoms with E-state index in [-0.39, 0.29) is 0 Å². The van der Waals surface area contributed by atoms with E-state index in [1.165, 1.54) is 11.1 Å². The van der Waals surface area contributed by atoms with Gasteiger partial charge < -0.3 is 4.42 Å². The van der Waals surface area contributed by atoms with Gasteiger partial charge in [0.2, 0.25) is 0 Å². The number of para-hydroxylation sites is 1. The van der Waals surface area contributed by atoms with Crippen LogP contribution in [0.2, 0.25) is 0 Å². The Morgan fingerprint density at radius 1 is 0.531 bits per heavy atom. The molecule has 0 amide bonds. The zero-order valence-electron chi connectivity index (χ0n) is 17.6. The van der Waals surface area contributed by atoms with Crippen molar-refractivity contribution in [3.8, 4) is 33.8 Å². The Balaban J connectivity index is 1.40. The second kappa shape index (κ2) is 7.47. The van der Waals surface area contributed by atoms with Crippen molar-refractivity contribution in [3.63, 3.8) is 0 Å². The molecule has 3 nitrogen and oxygen atoms in total. The fourth-order valence-corrected chi connectivity index (χ4v) is 4.17. The van der Waals surface area contributed by atoms with Crippen molar-refractivity contribution in [2.45, 2.75) is 6.92 Å². The van der Waals surface area contributed by atoms with Crippen LogP contribution in [-0.4, -0.2) is 9.97 Å². The summed E-state index contributed by atoms with van der Waals surface area (Å²) in [6, 6.07) is 35.2. The summed E-state index contributed by atoms with van der Waals surface area (Å²) in [5.41, 5.74) is 8.00. The van der Waals surface area contributed by atoms with Gasteiger partial charge in [-0.1, -0.05) is 78.9 Å². The first-order chi connectivity index (χ1) is 15.7. The summed E-state index contributed by atoms with van der Waals surface area (Å²) < 4.78 is 6.06. The number of fused-ring (bicyclic) bond motifs is 3. The molecule has 2 heterocycles. The first kappa shape index (κ1) is 18.5. The van der Waals surface area contributed by atoms with E-state index < -0.39 is 0 Å². The van der Waals surface area contributed by atoms with Crippen LogP contribution in [0.5, 0.6) is 0 Å². The van der Waals surface area contributed by atoms with Gasteiger partial charge in [0.1, 0.15) is 11.2 Å². The van der Waals surface area contributed by atoms with E-state index in [9.17, 15) is 0 Å². The molecule has 0 saturated carbocycles. The van der Waals surface area contributed by atoms with Crippen molar-refractivity contribution in [1.82, 2.24) is 9.97 Å². The number of aromatic nitrogens is 2. The molecule has 0 aliphatic rings. The largest absolute Gasteiger partial charge is 0.456 e. The molecule has 0 aliphatic heterocycles. The quantitative estimate of drug-likeness (QED) is 0.299. The Morgan fingerprint density at radius 3 is 2.03 bits per heavy atom. The molecule has 0 radical (unpaired) electrons. The molecule has 152 valence electrons. The topological polar surface area (TPSA) is 38.9 Å². The molecule has 0 unspecified atom stereocenters. The van der Waals surface area contributed by atoms with Gasteiger partial charge in [-0.05, 0) is 42.3 Å². The highest BCUT2D eigenvalue weighted by Crippen LogP contribution is 2.32. The van der Waals surface area contributed by atoms with Crippen LogP contribution >= 0.6 is 0 Å². The molecule has 0 atom stereocenters. The minimum atomic E-state index is 0.703. The Bertz CT molecular complexity index is 1560. The van der Waals surface area contributed by atoms with Crippen LogP contribution in [0.15, 0.2) is 108 Å². The van der Waals surface area contributed by atoms with Gasteiger partial charge in [-0.3, -0.25) is 0 Å². The molecule has 6 rings (SSSR count). The molecule has 0 spiro atoms. The van der Waals surface area contributed by atoms with E-state index in [1.807, 2.05) is 43.3 Å². The fourth-order valence-electron chi connectivity index (χ4n) is 4.17. The summed E-state index contributed by atoms with van der Waals surface area (Å²) in [6.45, 7) is 2.01. The maximum Gasteiger partial charge on any atom is 0.160 e. The number of nitrogens with zero attached hydrogens (tertiary/aromatic N) is 2. The Morgan fingerprint density at radius 2 is 1.19 bits per heavy atom. The van der Waals surface area contributed by atoms with Crippen molar-refractivity contribution >= 4 is 21.9 Å². The van der Waals surface area contributed by atoms with Gasteiger partial charge in [-0.2, -0.15) is 0 Å². The molecule has 3 heteroatoms. The average molecular weight is 412 g/mol. The maximum absolute atomic E-state index is 6.06. The fraction of sp³-hybridized carbons (Fsp3) is 0.0345. The molecule has 0 bridgehead atoms. The lowest BCUT2D eigenvalue weighted by Crippen LogP contribution is -1.95. The van der Waals surface area contributed by atoms with Crippen molar-refractivity contribution in [1.29, 1.82) is 0 Å². The van der Waals surface area contributed by atoms with Crippen LogP contribution in [-0.2, 0) is 0 Å². The first-order valence-electron chi connectivity index (χ1n) is 10.7. The van der Waals surface area contributed by atoms with Gasteiger partial charge in [-0.15, -0.1) is 0 Å². The van der Waals surface area contributed by atoms with Gasteiger partial charge >= 0.3 is 0 Å². The summed E-state index contributed by atoms with van der Waals surface area (Å²) in [4.78, 5) is 9.59. The second-order valence-electron chi connectivity index (χ2n) is 7.97. The summed E-state index contributed by atoms with van der Waals surface area (Å²) in [7, 11) is 0. The Kier molecular flexibility index (Phi) is 4.32. The van der Waals surface area contributed by atoms with E-state index in [0.717, 1.165) is 44.5 Å². The molecular formula is C29H20N2O. The van der Waals surface area contributed by atoms with E-state index in [2.05, 4.69) is 66.7 Å². The monoisotopic (exact) mass is 412 g/mol. The first-order valence-corrected chi connectivity index (χ1v) is 10.7. The van der Waals surface area contributed by atoms with Gasteiger partial charge in [0.05, 0.1) is 5.69 Å². The van der Waals surface area contributed by atoms with Crippen LogP contribution < -0.4 is 0 Å². The van der Waals surface area contributed by atoms with E-state index in [0.29, 0.717) is 5.82 Å². The lowest BCUT2D eigenvalue weighted by Gasteiger charge is -2.08. The zero-order valence-corrected chi connectivity index (χ0v) is 17.6. The molecular weight excluding hydrogens is 392 g/mol. The number of hydrogen-bond acceptors (Lipinski definition) is 3. The van der Waals surface area contributed by atoms with Crippen molar-refractivity contribution < 1.29 is 4.42 Å². The number of hydrogen-bond donors (Lipinski definition) is 0.